The van der Waals surface area contributed by atoms with Gasteiger partial charge >= 0.3 is 0 Å². The van der Waals surface area contributed by atoms with E-state index in [-0.39, 0.29) is 0 Å². The minimum Gasteiger partial charge on any atom is -0.494 e. The zero-order valence-electron chi connectivity index (χ0n) is 10.8. The van der Waals surface area contributed by atoms with Crippen LogP contribution in [0.3, 0.4) is 0 Å². The van der Waals surface area contributed by atoms with Crippen molar-refractivity contribution in [2.24, 2.45) is 0 Å². The van der Waals surface area contributed by atoms with Crippen molar-refractivity contribution in [3.63, 3.8) is 0 Å². The summed E-state index contributed by atoms with van der Waals surface area (Å²) in [6.45, 7) is 9.87. The topological polar surface area (TPSA) is 34.2 Å². The van der Waals surface area contributed by atoms with Gasteiger partial charge in [-0.25, -0.2) is 4.98 Å². The van der Waals surface area contributed by atoms with Crippen LogP contribution in [0.25, 0.3) is 10.2 Å². The Hall–Kier alpha value is -1.29. The van der Waals surface area contributed by atoms with Crippen molar-refractivity contribution in [3.05, 3.63) is 17.2 Å². The molecule has 3 nitrogen and oxygen atoms in total. The van der Waals surface area contributed by atoms with Crippen molar-refractivity contribution in [3.8, 4) is 5.75 Å². The smallest absolute Gasteiger partial charge is 0.183 e. The minimum absolute atomic E-state index is 0.699. The maximum atomic E-state index is 5.65. The number of thiazole rings is 1. The first-order valence-corrected chi connectivity index (χ1v) is 6.76. The van der Waals surface area contributed by atoms with E-state index in [0.717, 1.165) is 22.9 Å². The zero-order chi connectivity index (χ0) is 12.4. The highest BCUT2D eigenvalue weighted by molar-refractivity contribution is 7.22. The highest BCUT2D eigenvalue weighted by atomic mass is 32.1. The summed E-state index contributed by atoms with van der Waals surface area (Å²) in [5.41, 5.74) is 3.45. The summed E-state index contributed by atoms with van der Waals surface area (Å²) >= 11 is 1.70. The van der Waals surface area contributed by atoms with Gasteiger partial charge in [-0.2, -0.15) is 0 Å². The second-order valence-corrected chi connectivity index (χ2v) is 4.98. The van der Waals surface area contributed by atoms with Gasteiger partial charge in [-0.3, -0.25) is 0 Å². The molecule has 1 aromatic heterocycles. The third-order valence-electron chi connectivity index (χ3n) is 2.69. The Labute approximate surface area is 106 Å². The summed E-state index contributed by atoms with van der Waals surface area (Å²) in [5, 5.41) is 4.26. The zero-order valence-corrected chi connectivity index (χ0v) is 11.6. The molecule has 2 aromatic rings. The van der Waals surface area contributed by atoms with E-state index in [0.29, 0.717) is 6.61 Å². The maximum Gasteiger partial charge on any atom is 0.183 e. The number of rotatable bonds is 4. The van der Waals surface area contributed by atoms with Crippen LogP contribution in [-0.4, -0.2) is 18.1 Å². The Morgan fingerprint density at radius 1 is 1.35 bits per heavy atom. The fourth-order valence-corrected chi connectivity index (χ4v) is 2.96. The molecule has 1 N–H and O–H groups in total. The lowest BCUT2D eigenvalue weighted by atomic mass is 10.1. The van der Waals surface area contributed by atoms with E-state index < -0.39 is 0 Å². The van der Waals surface area contributed by atoms with E-state index in [1.165, 1.54) is 15.8 Å². The molecule has 1 heterocycles. The summed E-state index contributed by atoms with van der Waals surface area (Å²) in [6, 6.07) is 2.08. The van der Waals surface area contributed by atoms with Crippen LogP contribution in [-0.2, 0) is 0 Å². The molecule has 2 rings (SSSR count). The number of anilines is 1. The molecule has 0 amide bonds. The van der Waals surface area contributed by atoms with Gasteiger partial charge in [0.1, 0.15) is 5.75 Å². The van der Waals surface area contributed by atoms with Crippen molar-refractivity contribution in [1.29, 1.82) is 0 Å². The maximum absolute atomic E-state index is 5.65. The monoisotopic (exact) mass is 250 g/mol. The Bertz CT molecular complexity index is 534. The van der Waals surface area contributed by atoms with Gasteiger partial charge in [0, 0.05) is 12.1 Å². The number of ether oxygens (including phenoxy) is 1. The molecule has 0 fully saturated rings. The van der Waals surface area contributed by atoms with Crippen LogP contribution in [0, 0.1) is 13.8 Å². The molecule has 0 spiro atoms. The molecule has 17 heavy (non-hydrogen) atoms. The van der Waals surface area contributed by atoms with E-state index >= 15 is 0 Å². The van der Waals surface area contributed by atoms with Crippen LogP contribution in [0.2, 0.25) is 0 Å². The molecule has 92 valence electrons. The van der Waals surface area contributed by atoms with Gasteiger partial charge in [0.25, 0.3) is 0 Å². The lowest BCUT2D eigenvalue weighted by Gasteiger charge is -2.08. The Morgan fingerprint density at radius 2 is 2.12 bits per heavy atom. The van der Waals surface area contributed by atoms with Crippen molar-refractivity contribution in [1.82, 2.24) is 4.98 Å². The van der Waals surface area contributed by atoms with E-state index in [4.69, 9.17) is 4.74 Å². The summed E-state index contributed by atoms with van der Waals surface area (Å²) in [6.07, 6.45) is 0. The molecule has 1 aromatic carbocycles. The van der Waals surface area contributed by atoms with Gasteiger partial charge in [0.2, 0.25) is 0 Å². The van der Waals surface area contributed by atoms with Gasteiger partial charge in [-0.05, 0) is 39.3 Å². The number of hydrogen-bond acceptors (Lipinski definition) is 4. The van der Waals surface area contributed by atoms with Crippen molar-refractivity contribution in [2.75, 3.05) is 18.5 Å². The van der Waals surface area contributed by atoms with Crippen LogP contribution in [0.15, 0.2) is 6.07 Å². The average molecular weight is 250 g/mol. The normalized spacial score (nSPS) is 10.8. The lowest BCUT2D eigenvalue weighted by molar-refractivity contribution is 0.338. The van der Waals surface area contributed by atoms with Crippen LogP contribution in [0.1, 0.15) is 25.0 Å². The summed E-state index contributed by atoms with van der Waals surface area (Å²) < 4.78 is 6.88. The third-order valence-corrected chi connectivity index (χ3v) is 3.82. The van der Waals surface area contributed by atoms with Gasteiger partial charge in [0.05, 0.1) is 16.8 Å². The van der Waals surface area contributed by atoms with Crippen molar-refractivity contribution >= 4 is 26.7 Å². The average Bonchev–Trinajstić information content (AvgIpc) is 2.71. The minimum atomic E-state index is 0.699. The standard InChI is InChI=1S/C13H18N2OS/c1-5-14-13-15-11-8(3)7-10(16-6-2)9(4)12(11)17-13/h7H,5-6H2,1-4H3,(H,14,15). The van der Waals surface area contributed by atoms with E-state index in [1.807, 2.05) is 6.92 Å². The molecule has 0 saturated heterocycles. The predicted octanol–water partition coefficient (Wildman–Crippen LogP) is 3.74. The van der Waals surface area contributed by atoms with E-state index in [9.17, 15) is 0 Å². The number of benzene rings is 1. The molecule has 4 heteroatoms. The van der Waals surface area contributed by atoms with Crippen molar-refractivity contribution in [2.45, 2.75) is 27.7 Å². The molecule has 0 aliphatic carbocycles. The Morgan fingerprint density at radius 3 is 2.76 bits per heavy atom. The fourth-order valence-electron chi connectivity index (χ4n) is 1.86. The second kappa shape index (κ2) is 4.92. The first-order valence-electron chi connectivity index (χ1n) is 5.94. The summed E-state index contributed by atoms with van der Waals surface area (Å²) in [4.78, 5) is 4.62. The molecule has 0 saturated carbocycles. The van der Waals surface area contributed by atoms with Gasteiger partial charge < -0.3 is 10.1 Å². The Kier molecular flexibility index (Phi) is 3.52. The number of hydrogen-bond donors (Lipinski definition) is 1. The molecule has 0 aliphatic heterocycles. The fraction of sp³-hybridized carbons (Fsp3) is 0.462. The van der Waals surface area contributed by atoms with Crippen LogP contribution in [0.5, 0.6) is 5.75 Å². The van der Waals surface area contributed by atoms with Crippen LogP contribution in [0.4, 0.5) is 5.13 Å². The second-order valence-electron chi connectivity index (χ2n) is 3.98. The number of aromatic nitrogens is 1. The highest BCUT2D eigenvalue weighted by Gasteiger charge is 2.12. The van der Waals surface area contributed by atoms with Crippen molar-refractivity contribution < 1.29 is 4.74 Å². The molecule has 0 unspecified atom stereocenters. The molecular weight excluding hydrogens is 232 g/mol. The number of nitrogens with one attached hydrogen (secondary N) is 1. The number of fused-ring (bicyclic) bond motifs is 1. The third kappa shape index (κ3) is 2.22. The quantitative estimate of drug-likeness (QED) is 0.897. The largest absolute Gasteiger partial charge is 0.494 e. The molecule has 0 atom stereocenters. The van der Waals surface area contributed by atoms with Gasteiger partial charge in [-0.1, -0.05) is 11.3 Å². The van der Waals surface area contributed by atoms with Gasteiger partial charge in [0.15, 0.2) is 5.13 Å². The SMILES string of the molecule is CCNc1nc2c(C)cc(OCC)c(C)c2s1. The Balaban J connectivity index is 2.58. The number of nitrogens with zero attached hydrogens (tertiary/aromatic N) is 1. The number of aryl methyl sites for hydroxylation is 2. The van der Waals surface area contributed by atoms with Gasteiger partial charge in [-0.15, -0.1) is 0 Å². The molecular formula is C13H18N2OS. The highest BCUT2D eigenvalue weighted by Crippen LogP contribution is 2.36. The lowest BCUT2D eigenvalue weighted by Crippen LogP contribution is -1.95. The van der Waals surface area contributed by atoms with E-state index in [1.54, 1.807) is 11.3 Å². The van der Waals surface area contributed by atoms with E-state index in [2.05, 4.69) is 37.1 Å². The summed E-state index contributed by atoms with van der Waals surface area (Å²) in [7, 11) is 0. The van der Waals surface area contributed by atoms with Crippen LogP contribution >= 0.6 is 11.3 Å². The first kappa shape index (κ1) is 12.2. The molecule has 0 aliphatic rings. The molecule has 0 radical (unpaired) electrons. The van der Waals surface area contributed by atoms with Crippen LogP contribution < -0.4 is 10.1 Å². The first-order chi connectivity index (χ1) is 8.17. The molecule has 0 bridgehead atoms. The predicted molar refractivity (Wildman–Crippen MR) is 74.4 cm³/mol. The summed E-state index contributed by atoms with van der Waals surface area (Å²) in [5.74, 6) is 0.976.